The summed E-state index contributed by atoms with van der Waals surface area (Å²) in [6.07, 6.45) is 10.4. The smallest absolute Gasteiger partial charge is 0.0122 e. The lowest BCUT2D eigenvalue weighted by Gasteiger charge is -2.40. The summed E-state index contributed by atoms with van der Waals surface area (Å²) in [7, 11) is 0. The summed E-state index contributed by atoms with van der Waals surface area (Å²) in [5.74, 6) is 5.79. The molecule has 0 aromatic heterocycles. The molecule has 0 N–H and O–H groups in total. The van der Waals surface area contributed by atoms with Gasteiger partial charge in [-0.05, 0) is 77.5 Å². The molecule has 24 heavy (non-hydrogen) atoms. The van der Waals surface area contributed by atoms with Crippen molar-refractivity contribution in [1.82, 2.24) is 0 Å². The zero-order valence-corrected chi connectivity index (χ0v) is 15.0. The van der Waals surface area contributed by atoms with Crippen molar-refractivity contribution in [2.45, 2.75) is 57.8 Å². The summed E-state index contributed by atoms with van der Waals surface area (Å²) >= 11 is 0. The third kappa shape index (κ3) is 2.18. The quantitative estimate of drug-likeness (QED) is 0.542. The van der Waals surface area contributed by atoms with Crippen molar-refractivity contribution in [2.75, 3.05) is 0 Å². The van der Waals surface area contributed by atoms with E-state index in [0.29, 0.717) is 0 Å². The second-order valence-corrected chi connectivity index (χ2v) is 8.82. The van der Waals surface area contributed by atoms with Gasteiger partial charge in [-0.1, -0.05) is 68.7 Å². The van der Waals surface area contributed by atoms with Gasteiger partial charge in [0.25, 0.3) is 0 Å². The number of rotatable bonds is 1. The first kappa shape index (κ1) is 15.0. The third-order valence-electron chi connectivity index (χ3n) is 7.95. The van der Waals surface area contributed by atoms with Gasteiger partial charge in [0.15, 0.2) is 0 Å². The van der Waals surface area contributed by atoms with Gasteiger partial charge in [0.1, 0.15) is 0 Å². The van der Waals surface area contributed by atoms with Crippen LogP contribution in [0.3, 0.4) is 0 Å². The summed E-state index contributed by atoms with van der Waals surface area (Å²) < 4.78 is 0. The highest BCUT2D eigenvalue weighted by Gasteiger charge is 2.52. The van der Waals surface area contributed by atoms with E-state index in [1.807, 2.05) is 0 Å². The molecule has 2 aromatic carbocycles. The number of fused-ring (bicyclic) bond motifs is 4. The molecular formula is C24H30. The van der Waals surface area contributed by atoms with Gasteiger partial charge in [0, 0.05) is 0 Å². The van der Waals surface area contributed by atoms with Crippen LogP contribution in [0.2, 0.25) is 0 Å². The van der Waals surface area contributed by atoms with Crippen LogP contribution in [-0.4, -0.2) is 0 Å². The summed E-state index contributed by atoms with van der Waals surface area (Å²) in [4.78, 5) is 0. The molecule has 6 atom stereocenters. The summed E-state index contributed by atoms with van der Waals surface area (Å²) in [6.45, 7) is 2.60. The molecule has 5 rings (SSSR count). The second-order valence-electron chi connectivity index (χ2n) is 8.82. The van der Waals surface area contributed by atoms with E-state index in [1.54, 1.807) is 5.56 Å². The average Bonchev–Trinajstić information content (AvgIpc) is 2.95. The van der Waals surface area contributed by atoms with E-state index in [-0.39, 0.29) is 0 Å². The van der Waals surface area contributed by atoms with E-state index in [1.165, 1.54) is 55.7 Å². The average molecular weight is 319 g/mol. The molecule has 2 aromatic rings. The van der Waals surface area contributed by atoms with Gasteiger partial charge in [-0.3, -0.25) is 0 Å². The summed E-state index contributed by atoms with van der Waals surface area (Å²) in [5, 5.41) is 2.96. The molecule has 3 saturated carbocycles. The normalized spacial score (nSPS) is 38.7. The van der Waals surface area contributed by atoms with Crippen LogP contribution in [0, 0.1) is 29.6 Å². The van der Waals surface area contributed by atoms with Crippen molar-refractivity contribution in [3.8, 4) is 0 Å². The maximum atomic E-state index is 2.60. The number of hydrogen-bond donors (Lipinski definition) is 0. The fourth-order valence-corrected chi connectivity index (χ4v) is 7.06. The van der Waals surface area contributed by atoms with Crippen LogP contribution in [0.1, 0.15) is 63.4 Å². The van der Waals surface area contributed by atoms with Crippen molar-refractivity contribution in [3.05, 3.63) is 48.0 Å². The monoisotopic (exact) mass is 318 g/mol. The lowest BCUT2D eigenvalue weighted by molar-refractivity contribution is 0.158. The Morgan fingerprint density at radius 2 is 1.46 bits per heavy atom. The van der Waals surface area contributed by atoms with Crippen molar-refractivity contribution in [2.24, 2.45) is 29.6 Å². The Balaban J connectivity index is 1.60. The Labute approximate surface area is 146 Å². The molecule has 3 aliphatic carbocycles. The van der Waals surface area contributed by atoms with Crippen LogP contribution in [0.25, 0.3) is 10.8 Å². The molecule has 3 fully saturated rings. The topological polar surface area (TPSA) is 0 Å². The predicted octanol–water partition coefficient (Wildman–Crippen LogP) is 6.80. The first-order valence-electron chi connectivity index (χ1n) is 10.3. The van der Waals surface area contributed by atoms with Crippen LogP contribution in [0.15, 0.2) is 42.5 Å². The van der Waals surface area contributed by atoms with E-state index in [2.05, 4.69) is 49.4 Å². The van der Waals surface area contributed by atoms with Gasteiger partial charge in [0.2, 0.25) is 0 Å². The van der Waals surface area contributed by atoms with E-state index >= 15 is 0 Å². The maximum absolute atomic E-state index is 2.60. The van der Waals surface area contributed by atoms with Gasteiger partial charge < -0.3 is 0 Å². The fraction of sp³-hybridized carbons (Fsp3) is 0.583. The standard InChI is InChI=1S/C24H30/c1-16-18-10-4-5-12-22(18)24-19(16)13-7-15-23(24)21-14-6-9-17-8-2-3-11-20(17)21/h2-3,6,8-9,11,14,16,18-19,22-24H,4-5,7,10,12-13,15H2,1H3. The number of benzene rings is 2. The van der Waals surface area contributed by atoms with Crippen molar-refractivity contribution < 1.29 is 0 Å². The van der Waals surface area contributed by atoms with E-state index in [4.69, 9.17) is 0 Å². The summed E-state index contributed by atoms with van der Waals surface area (Å²) in [6, 6.07) is 16.1. The largest absolute Gasteiger partial charge is 0.0620 e. The molecule has 0 bridgehead atoms. The van der Waals surface area contributed by atoms with E-state index in [9.17, 15) is 0 Å². The minimum Gasteiger partial charge on any atom is -0.0620 e. The molecule has 0 heterocycles. The predicted molar refractivity (Wildman–Crippen MR) is 102 cm³/mol. The van der Waals surface area contributed by atoms with Crippen LogP contribution < -0.4 is 0 Å². The minimum absolute atomic E-state index is 0.811. The van der Waals surface area contributed by atoms with Gasteiger partial charge in [0.05, 0.1) is 0 Å². The van der Waals surface area contributed by atoms with Crippen LogP contribution in [-0.2, 0) is 0 Å². The second kappa shape index (κ2) is 5.90. The van der Waals surface area contributed by atoms with Crippen molar-refractivity contribution >= 4 is 10.8 Å². The molecule has 0 saturated heterocycles. The Morgan fingerprint density at radius 1 is 0.708 bits per heavy atom. The zero-order chi connectivity index (χ0) is 16.1. The first-order valence-corrected chi connectivity index (χ1v) is 10.3. The van der Waals surface area contributed by atoms with Gasteiger partial charge >= 0.3 is 0 Å². The summed E-state index contributed by atoms with van der Waals surface area (Å²) in [5.41, 5.74) is 1.67. The molecule has 3 aliphatic rings. The maximum Gasteiger partial charge on any atom is -0.0122 e. The highest BCUT2D eigenvalue weighted by molar-refractivity contribution is 5.86. The lowest BCUT2D eigenvalue weighted by Crippen LogP contribution is -2.29. The molecular weight excluding hydrogens is 288 g/mol. The van der Waals surface area contributed by atoms with Crippen LogP contribution in [0.4, 0.5) is 0 Å². The molecule has 0 heteroatoms. The van der Waals surface area contributed by atoms with Gasteiger partial charge in [-0.15, -0.1) is 0 Å². The van der Waals surface area contributed by atoms with Gasteiger partial charge in [-0.25, -0.2) is 0 Å². The van der Waals surface area contributed by atoms with Crippen molar-refractivity contribution in [1.29, 1.82) is 0 Å². The molecule has 0 spiro atoms. The first-order chi connectivity index (χ1) is 11.8. The third-order valence-corrected chi connectivity index (χ3v) is 7.95. The Morgan fingerprint density at radius 3 is 2.38 bits per heavy atom. The Bertz CT molecular complexity index is 724. The molecule has 0 aliphatic heterocycles. The Hall–Kier alpha value is -1.30. The minimum atomic E-state index is 0.811. The van der Waals surface area contributed by atoms with E-state index < -0.39 is 0 Å². The highest BCUT2D eigenvalue weighted by atomic mass is 14.6. The van der Waals surface area contributed by atoms with Crippen LogP contribution >= 0.6 is 0 Å². The van der Waals surface area contributed by atoms with Crippen molar-refractivity contribution in [3.63, 3.8) is 0 Å². The molecule has 0 nitrogen and oxygen atoms in total. The molecule has 0 amide bonds. The fourth-order valence-electron chi connectivity index (χ4n) is 7.06. The van der Waals surface area contributed by atoms with Gasteiger partial charge in [-0.2, -0.15) is 0 Å². The zero-order valence-electron chi connectivity index (χ0n) is 15.0. The lowest BCUT2D eigenvalue weighted by atomic mass is 9.65. The highest BCUT2D eigenvalue weighted by Crippen LogP contribution is 2.61. The SMILES string of the molecule is CC1C2CCCCC2C2C(c3cccc4ccccc34)CCCC12. The Kier molecular flexibility index (Phi) is 3.69. The molecule has 126 valence electrons. The molecule has 0 radical (unpaired) electrons. The van der Waals surface area contributed by atoms with E-state index in [0.717, 1.165) is 35.5 Å². The number of hydrogen-bond acceptors (Lipinski definition) is 0. The molecule has 6 unspecified atom stereocenters. The van der Waals surface area contributed by atoms with Crippen LogP contribution in [0.5, 0.6) is 0 Å².